The average molecular weight is 570 g/mol. The second-order valence-electron chi connectivity index (χ2n) is 8.91. The van der Waals surface area contributed by atoms with Crippen LogP contribution in [0.2, 0.25) is 0 Å². The zero-order valence-corrected chi connectivity index (χ0v) is 22.7. The maximum absolute atomic E-state index is 15.2. The second-order valence-corrected chi connectivity index (χ2v) is 9.95. The van der Waals surface area contributed by atoms with Crippen LogP contribution >= 0.6 is 11.3 Å². The van der Waals surface area contributed by atoms with Gasteiger partial charge < -0.3 is 14.6 Å². The monoisotopic (exact) mass is 569 g/mol. The van der Waals surface area contributed by atoms with Crippen molar-refractivity contribution in [1.82, 2.24) is 19.9 Å². The van der Waals surface area contributed by atoms with Crippen molar-refractivity contribution < 1.29 is 23.8 Å². The van der Waals surface area contributed by atoms with Gasteiger partial charge in [0.1, 0.15) is 22.9 Å². The molecule has 13 heteroatoms. The predicted molar refractivity (Wildman–Crippen MR) is 148 cm³/mol. The van der Waals surface area contributed by atoms with Gasteiger partial charge in [-0.2, -0.15) is 10.5 Å². The standard InChI is InChI=1S/C28H20FN7O4S/c1-14(36(28(37)38)18-5-4-17(11-31)32-12-18)15(2)40-23-9-24-21(8-20(23)29)35-27(41-24)19-6-16(10-30)7-22-26(19)33-13-25(34-22)39-3/h4-9,12-15H,1-3H3,(H,37,38)/t14?,15-/m0/s1. The molecule has 5 aromatic rings. The largest absolute Gasteiger partial charge is 0.485 e. The molecule has 0 aliphatic heterocycles. The van der Waals surface area contributed by atoms with Gasteiger partial charge in [0.15, 0.2) is 11.6 Å². The number of thiazole rings is 1. The summed E-state index contributed by atoms with van der Waals surface area (Å²) >= 11 is 1.26. The first-order valence-corrected chi connectivity index (χ1v) is 12.9. The van der Waals surface area contributed by atoms with E-state index in [1.807, 2.05) is 6.07 Å². The summed E-state index contributed by atoms with van der Waals surface area (Å²) in [5.74, 6) is -0.446. The number of amides is 1. The maximum Gasteiger partial charge on any atom is 0.412 e. The molecule has 41 heavy (non-hydrogen) atoms. The van der Waals surface area contributed by atoms with Gasteiger partial charge in [-0.25, -0.2) is 29.1 Å². The van der Waals surface area contributed by atoms with Crippen molar-refractivity contribution >= 4 is 44.4 Å². The van der Waals surface area contributed by atoms with Gasteiger partial charge in [-0.1, -0.05) is 0 Å². The third-order valence-corrected chi connectivity index (χ3v) is 7.43. The van der Waals surface area contributed by atoms with E-state index in [-0.39, 0.29) is 17.1 Å². The zero-order valence-electron chi connectivity index (χ0n) is 21.9. The van der Waals surface area contributed by atoms with Crippen LogP contribution in [0.4, 0.5) is 14.9 Å². The maximum atomic E-state index is 15.2. The molecule has 0 fully saturated rings. The zero-order chi connectivity index (χ0) is 29.3. The highest BCUT2D eigenvalue weighted by Crippen LogP contribution is 2.37. The van der Waals surface area contributed by atoms with Gasteiger partial charge in [0.05, 0.1) is 64.1 Å². The SMILES string of the molecule is COc1cnc2c(-c3nc4cc(F)c(O[C@@H](C)C(C)N(C(=O)O)c5ccc(C#N)nc5)cc4s3)cc(C#N)cc2n1. The van der Waals surface area contributed by atoms with Crippen LogP contribution < -0.4 is 14.4 Å². The topological polar surface area (TPSA) is 158 Å². The molecule has 1 unspecified atom stereocenters. The van der Waals surface area contributed by atoms with Crippen molar-refractivity contribution in [2.45, 2.75) is 26.0 Å². The summed E-state index contributed by atoms with van der Waals surface area (Å²) < 4.78 is 26.8. The number of methoxy groups -OCH3 is 1. The molecule has 11 nitrogen and oxygen atoms in total. The lowest BCUT2D eigenvalue weighted by Gasteiger charge is -2.31. The number of hydrogen-bond acceptors (Lipinski definition) is 10. The van der Waals surface area contributed by atoms with Gasteiger partial charge in [0.25, 0.3) is 0 Å². The molecule has 0 radical (unpaired) electrons. The summed E-state index contributed by atoms with van der Waals surface area (Å²) in [6, 6.07) is 12.1. The molecule has 0 bridgehead atoms. The van der Waals surface area contributed by atoms with Crippen molar-refractivity contribution in [3.63, 3.8) is 0 Å². The van der Waals surface area contributed by atoms with Crippen LogP contribution in [0.25, 0.3) is 31.8 Å². The Morgan fingerprint density at radius 3 is 2.54 bits per heavy atom. The molecule has 5 rings (SSSR count). The number of rotatable bonds is 7. The highest BCUT2D eigenvalue weighted by molar-refractivity contribution is 7.21. The lowest BCUT2D eigenvalue weighted by molar-refractivity contribution is 0.167. The Hall–Kier alpha value is -5.40. The Bertz CT molecular complexity index is 1880. The molecule has 0 aliphatic carbocycles. The van der Waals surface area contributed by atoms with Crippen LogP contribution in [0.5, 0.6) is 11.6 Å². The third-order valence-electron chi connectivity index (χ3n) is 6.38. The van der Waals surface area contributed by atoms with E-state index in [4.69, 9.17) is 14.7 Å². The van der Waals surface area contributed by atoms with Gasteiger partial charge in [0.2, 0.25) is 5.88 Å². The normalized spacial score (nSPS) is 12.3. The molecule has 3 heterocycles. The van der Waals surface area contributed by atoms with Crippen LogP contribution in [0, 0.1) is 28.5 Å². The molecular formula is C28H20FN7O4S. The van der Waals surface area contributed by atoms with Crippen molar-refractivity contribution in [3.05, 3.63) is 65.9 Å². The number of nitriles is 2. The van der Waals surface area contributed by atoms with E-state index >= 15 is 4.39 Å². The van der Waals surface area contributed by atoms with E-state index in [1.165, 1.54) is 55.1 Å². The molecule has 2 aromatic carbocycles. The van der Waals surface area contributed by atoms with Crippen molar-refractivity contribution in [2.24, 2.45) is 0 Å². The van der Waals surface area contributed by atoms with Crippen LogP contribution in [0.15, 0.2) is 48.8 Å². The molecule has 1 amide bonds. The van der Waals surface area contributed by atoms with Crippen molar-refractivity contribution in [3.8, 4) is 34.3 Å². The van der Waals surface area contributed by atoms with Crippen LogP contribution in [-0.2, 0) is 0 Å². The van der Waals surface area contributed by atoms with Crippen LogP contribution in [-0.4, -0.2) is 50.4 Å². The average Bonchev–Trinajstić information content (AvgIpc) is 3.38. The van der Waals surface area contributed by atoms with Gasteiger partial charge in [0, 0.05) is 17.7 Å². The third kappa shape index (κ3) is 5.26. The number of ether oxygens (including phenoxy) is 2. The fourth-order valence-electron chi connectivity index (χ4n) is 4.19. The fraction of sp³-hybridized carbons (Fsp3) is 0.179. The summed E-state index contributed by atoms with van der Waals surface area (Å²) in [4.78, 5) is 30.4. The number of halogens is 1. The summed E-state index contributed by atoms with van der Waals surface area (Å²) in [7, 11) is 1.47. The molecule has 1 N–H and O–H groups in total. The van der Waals surface area contributed by atoms with Crippen LogP contribution in [0.1, 0.15) is 25.1 Å². The van der Waals surface area contributed by atoms with Gasteiger partial charge in [-0.3, -0.25) is 4.90 Å². The van der Waals surface area contributed by atoms with E-state index < -0.39 is 24.1 Å². The minimum absolute atomic E-state index is 0.0736. The van der Waals surface area contributed by atoms with E-state index in [0.29, 0.717) is 43.3 Å². The number of benzene rings is 2. The number of anilines is 1. The molecule has 204 valence electrons. The molecule has 3 aromatic heterocycles. The Morgan fingerprint density at radius 2 is 1.88 bits per heavy atom. The number of carbonyl (C=O) groups is 1. The van der Waals surface area contributed by atoms with E-state index in [9.17, 15) is 15.2 Å². The molecule has 0 aliphatic rings. The minimum atomic E-state index is -1.25. The first-order valence-electron chi connectivity index (χ1n) is 12.1. The Kier molecular flexibility index (Phi) is 7.29. The molecule has 0 saturated carbocycles. The smallest absolute Gasteiger partial charge is 0.412 e. The van der Waals surface area contributed by atoms with Gasteiger partial charge in [-0.05, 0) is 38.1 Å². The number of pyridine rings is 1. The number of nitrogens with zero attached hydrogens (tertiary/aromatic N) is 7. The summed E-state index contributed by atoms with van der Waals surface area (Å²) in [5.41, 5.74) is 2.65. The Balaban J connectivity index is 1.47. The summed E-state index contributed by atoms with van der Waals surface area (Å²) in [6.07, 6.45) is 0.721. The van der Waals surface area contributed by atoms with Gasteiger partial charge >= 0.3 is 6.09 Å². The number of aromatic nitrogens is 4. The molecular weight excluding hydrogens is 549 g/mol. The predicted octanol–water partition coefficient (Wildman–Crippen LogP) is 5.53. The van der Waals surface area contributed by atoms with E-state index in [1.54, 1.807) is 26.0 Å². The Labute approximate surface area is 236 Å². The summed E-state index contributed by atoms with van der Waals surface area (Å²) in [6.45, 7) is 3.26. The molecule has 0 saturated heterocycles. The molecule has 2 atom stereocenters. The van der Waals surface area contributed by atoms with Crippen LogP contribution in [0.3, 0.4) is 0 Å². The number of hydrogen-bond donors (Lipinski definition) is 1. The lowest BCUT2D eigenvalue weighted by Crippen LogP contribution is -2.46. The highest BCUT2D eigenvalue weighted by Gasteiger charge is 2.28. The highest BCUT2D eigenvalue weighted by atomic mass is 32.1. The first kappa shape index (κ1) is 27.2. The second kappa shape index (κ2) is 11.0. The summed E-state index contributed by atoms with van der Waals surface area (Å²) in [5, 5.41) is 28.9. The minimum Gasteiger partial charge on any atom is -0.485 e. The van der Waals surface area contributed by atoms with Crippen molar-refractivity contribution in [1.29, 1.82) is 10.5 Å². The Morgan fingerprint density at radius 1 is 1.07 bits per heavy atom. The van der Waals surface area contributed by atoms with E-state index in [0.717, 1.165) is 4.90 Å². The number of carboxylic acid groups (broad SMARTS) is 1. The van der Waals surface area contributed by atoms with E-state index in [2.05, 4.69) is 26.0 Å². The molecule has 0 spiro atoms. The number of fused-ring (bicyclic) bond motifs is 2. The van der Waals surface area contributed by atoms with Crippen molar-refractivity contribution in [2.75, 3.05) is 12.0 Å². The quantitative estimate of drug-likeness (QED) is 0.264. The van der Waals surface area contributed by atoms with Gasteiger partial charge in [-0.15, -0.1) is 11.3 Å². The lowest BCUT2D eigenvalue weighted by atomic mass is 10.1. The fourth-order valence-corrected chi connectivity index (χ4v) is 5.18. The first-order chi connectivity index (χ1) is 19.7.